The quantitative estimate of drug-likeness (QED) is 0.111. The second kappa shape index (κ2) is 20.0. The van der Waals surface area contributed by atoms with Crippen LogP contribution in [0.2, 0.25) is 0 Å². The average Bonchev–Trinajstić information content (AvgIpc) is 3.06. The fourth-order valence-corrected chi connectivity index (χ4v) is 5.46. The molecular weight excluding hydrogens is 572 g/mol. The van der Waals surface area contributed by atoms with Crippen LogP contribution in [-0.4, -0.2) is 81.2 Å². The van der Waals surface area contributed by atoms with Gasteiger partial charge in [0, 0.05) is 32.0 Å². The van der Waals surface area contributed by atoms with E-state index in [0.717, 1.165) is 68.2 Å². The number of hydrogen-bond donors (Lipinski definition) is 1. The molecule has 5 atom stereocenters. The van der Waals surface area contributed by atoms with Crippen molar-refractivity contribution in [3.05, 3.63) is 65.2 Å². The highest BCUT2D eigenvalue weighted by atomic mass is 16.7. The standard InChI is InChI=1S/C37H56O8/c1-6-10-22-41-27-32-33(42-23-11-7-2)34(43-24-12-8-3)36(44-25-13-9-4)37(39,45-32)35(38)31-17-15-14-16-29(31)26-28-18-20-30(40-5)21-19-28/h14-21,32-34,36,39H,6-13,22-27H2,1-5H3/t32-,33-,34+,36-,37+/m1/s1. The first-order valence-corrected chi connectivity index (χ1v) is 17.0. The van der Waals surface area contributed by atoms with Gasteiger partial charge >= 0.3 is 0 Å². The number of ether oxygens (including phenoxy) is 6. The second-order valence-corrected chi connectivity index (χ2v) is 11.8. The Balaban J connectivity index is 2.04. The topological polar surface area (TPSA) is 92.7 Å². The molecule has 0 amide bonds. The first-order chi connectivity index (χ1) is 21.9. The van der Waals surface area contributed by atoms with E-state index in [-0.39, 0.29) is 6.61 Å². The van der Waals surface area contributed by atoms with Crippen molar-refractivity contribution >= 4 is 5.78 Å². The molecule has 8 nitrogen and oxygen atoms in total. The van der Waals surface area contributed by atoms with Gasteiger partial charge in [-0.15, -0.1) is 0 Å². The van der Waals surface area contributed by atoms with Crippen LogP contribution in [0, 0.1) is 0 Å². The van der Waals surface area contributed by atoms with Crippen molar-refractivity contribution in [2.24, 2.45) is 0 Å². The van der Waals surface area contributed by atoms with Crippen LogP contribution < -0.4 is 4.74 Å². The van der Waals surface area contributed by atoms with Gasteiger partial charge in [0.05, 0.1) is 13.7 Å². The van der Waals surface area contributed by atoms with Crippen LogP contribution in [-0.2, 0) is 30.1 Å². The Hall–Kier alpha value is -2.33. The smallest absolute Gasteiger partial charge is 0.261 e. The molecule has 2 aromatic rings. The van der Waals surface area contributed by atoms with E-state index in [1.54, 1.807) is 19.2 Å². The summed E-state index contributed by atoms with van der Waals surface area (Å²) in [5.74, 6) is -2.11. The number of aliphatic hydroxyl groups is 1. The molecule has 0 aliphatic carbocycles. The lowest BCUT2D eigenvalue weighted by Crippen LogP contribution is -2.70. The zero-order valence-electron chi connectivity index (χ0n) is 28.1. The summed E-state index contributed by atoms with van der Waals surface area (Å²) in [6.07, 6.45) is 4.50. The number of benzene rings is 2. The molecule has 1 fully saturated rings. The summed E-state index contributed by atoms with van der Waals surface area (Å²) in [7, 11) is 1.63. The average molecular weight is 629 g/mol. The molecule has 1 aliphatic heterocycles. The summed E-state index contributed by atoms with van der Waals surface area (Å²) < 4.78 is 37.1. The Bertz CT molecular complexity index is 1110. The third kappa shape index (κ3) is 10.6. The molecular formula is C37H56O8. The fraction of sp³-hybridized carbons (Fsp3) is 0.649. The van der Waals surface area contributed by atoms with Crippen LogP contribution in [0.5, 0.6) is 5.75 Å². The van der Waals surface area contributed by atoms with E-state index in [2.05, 4.69) is 27.7 Å². The van der Waals surface area contributed by atoms with Crippen LogP contribution in [0.15, 0.2) is 48.5 Å². The van der Waals surface area contributed by atoms with Crippen LogP contribution in [0.3, 0.4) is 0 Å². The Morgan fingerprint density at radius 1 is 0.778 bits per heavy atom. The van der Waals surface area contributed by atoms with Gasteiger partial charge in [0.1, 0.15) is 30.2 Å². The van der Waals surface area contributed by atoms with Gasteiger partial charge in [-0.3, -0.25) is 4.79 Å². The minimum atomic E-state index is -2.32. The van der Waals surface area contributed by atoms with Crippen LogP contribution in [0.4, 0.5) is 0 Å². The van der Waals surface area contributed by atoms with Crippen molar-refractivity contribution in [2.45, 2.75) is 116 Å². The molecule has 2 aromatic carbocycles. The van der Waals surface area contributed by atoms with Crippen molar-refractivity contribution in [2.75, 3.05) is 40.1 Å². The number of ketones is 1. The van der Waals surface area contributed by atoms with E-state index >= 15 is 0 Å². The Kier molecular flexibility index (Phi) is 16.5. The molecule has 45 heavy (non-hydrogen) atoms. The number of methoxy groups -OCH3 is 1. The van der Waals surface area contributed by atoms with E-state index in [4.69, 9.17) is 28.4 Å². The normalized spacial score (nSPS) is 23.2. The van der Waals surface area contributed by atoms with Gasteiger partial charge in [0.25, 0.3) is 5.79 Å². The third-order valence-electron chi connectivity index (χ3n) is 8.18. The van der Waals surface area contributed by atoms with Gasteiger partial charge in [-0.1, -0.05) is 89.8 Å². The molecule has 1 N–H and O–H groups in total. The number of carbonyl (C=O) groups is 1. The predicted octanol–water partition coefficient (Wildman–Crippen LogP) is 6.93. The lowest BCUT2D eigenvalue weighted by Gasteiger charge is -2.49. The SMILES string of the molecule is CCCCOC[C@H]1O[C@@](O)(C(=O)c2ccccc2Cc2ccc(OC)cc2)[C@H](OCCCC)[C@@H](OCCCC)[C@@H]1OCCCC. The van der Waals surface area contributed by atoms with Crippen LogP contribution in [0.1, 0.15) is 101 Å². The summed E-state index contributed by atoms with van der Waals surface area (Å²) >= 11 is 0. The molecule has 1 aliphatic rings. The van der Waals surface area contributed by atoms with E-state index < -0.39 is 36.0 Å². The molecule has 3 rings (SSSR count). The number of Topliss-reactive ketones (excluding diaryl/α,β-unsaturated/α-hetero) is 1. The maximum Gasteiger partial charge on any atom is 0.261 e. The summed E-state index contributed by atoms with van der Waals surface area (Å²) in [5.41, 5.74) is 2.16. The molecule has 1 heterocycles. The zero-order chi connectivity index (χ0) is 32.5. The fourth-order valence-electron chi connectivity index (χ4n) is 5.46. The van der Waals surface area contributed by atoms with E-state index in [1.165, 1.54) is 0 Å². The molecule has 0 aromatic heterocycles. The molecule has 0 unspecified atom stereocenters. The number of rotatable bonds is 22. The van der Waals surface area contributed by atoms with E-state index in [0.29, 0.717) is 38.4 Å². The highest BCUT2D eigenvalue weighted by Crippen LogP contribution is 2.37. The minimum Gasteiger partial charge on any atom is -0.497 e. The number of unbranched alkanes of at least 4 members (excludes halogenated alkanes) is 4. The lowest BCUT2D eigenvalue weighted by atomic mass is 9.85. The number of carbonyl (C=O) groups excluding carboxylic acids is 1. The second-order valence-electron chi connectivity index (χ2n) is 11.8. The minimum absolute atomic E-state index is 0.162. The van der Waals surface area contributed by atoms with Crippen molar-refractivity contribution in [1.82, 2.24) is 0 Å². The highest BCUT2D eigenvalue weighted by molar-refractivity contribution is 6.03. The predicted molar refractivity (Wildman–Crippen MR) is 176 cm³/mol. The highest BCUT2D eigenvalue weighted by Gasteiger charge is 2.60. The van der Waals surface area contributed by atoms with Gasteiger partial charge in [0.2, 0.25) is 5.78 Å². The molecule has 0 spiro atoms. The van der Waals surface area contributed by atoms with Gasteiger partial charge in [-0.25, -0.2) is 0 Å². The van der Waals surface area contributed by atoms with Gasteiger partial charge < -0.3 is 33.5 Å². The summed E-state index contributed by atoms with van der Waals surface area (Å²) in [6.45, 7) is 10.4. The first-order valence-electron chi connectivity index (χ1n) is 17.0. The van der Waals surface area contributed by atoms with Crippen molar-refractivity contribution in [1.29, 1.82) is 0 Å². The van der Waals surface area contributed by atoms with Crippen molar-refractivity contribution < 1.29 is 38.3 Å². The Morgan fingerprint density at radius 3 is 1.98 bits per heavy atom. The third-order valence-corrected chi connectivity index (χ3v) is 8.18. The Morgan fingerprint density at radius 2 is 1.36 bits per heavy atom. The number of hydrogen-bond acceptors (Lipinski definition) is 8. The van der Waals surface area contributed by atoms with Crippen LogP contribution in [0.25, 0.3) is 0 Å². The Labute approximate surface area is 270 Å². The van der Waals surface area contributed by atoms with E-state index in [1.807, 2.05) is 36.4 Å². The molecule has 8 heteroatoms. The van der Waals surface area contributed by atoms with Crippen molar-refractivity contribution in [3.8, 4) is 5.75 Å². The molecule has 0 saturated carbocycles. The lowest BCUT2D eigenvalue weighted by molar-refractivity contribution is -0.343. The maximum atomic E-state index is 14.6. The summed E-state index contributed by atoms with van der Waals surface area (Å²) in [4.78, 5) is 14.6. The molecule has 1 saturated heterocycles. The van der Waals surface area contributed by atoms with Crippen LogP contribution >= 0.6 is 0 Å². The maximum absolute atomic E-state index is 14.6. The molecule has 0 bridgehead atoms. The van der Waals surface area contributed by atoms with Gasteiger partial charge in [-0.05, 0) is 55.4 Å². The van der Waals surface area contributed by atoms with Gasteiger partial charge in [-0.2, -0.15) is 0 Å². The largest absolute Gasteiger partial charge is 0.497 e. The molecule has 0 radical (unpaired) electrons. The summed E-state index contributed by atoms with van der Waals surface area (Å²) in [6, 6.07) is 15.1. The van der Waals surface area contributed by atoms with Crippen molar-refractivity contribution in [3.63, 3.8) is 0 Å². The zero-order valence-corrected chi connectivity index (χ0v) is 28.1. The molecule has 252 valence electrons. The van der Waals surface area contributed by atoms with Gasteiger partial charge in [0.15, 0.2) is 0 Å². The monoisotopic (exact) mass is 628 g/mol. The summed E-state index contributed by atoms with van der Waals surface area (Å²) in [5, 5.41) is 12.5. The van der Waals surface area contributed by atoms with E-state index in [9.17, 15) is 9.90 Å². The first kappa shape index (κ1) is 37.1.